The summed E-state index contributed by atoms with van der Waals surface area (Å²) in [6.45, 7) is 0. The molecule has 1 aromatic carbocycles. The average molecular weight is 371 g/mol. The molecule has 0 radical (unpaired) electrons. The molecule has 0 aromatic heterocycles. The highest BCUT2D eigenvalue weighted by Gasteiger charge is 2.65. The van der Waals surface area contributed by atoms with Crippen LogP contribution < -0.4 is 0 Å². The summed E-state index contributed by atoms with van der Waals surface area (Å²) in [5, 5.41) is 1.92. The summed E-state index contributed by atoms with van der Waals surface area (Å²) in [4.78, 5) is 0. The minimum absolute atomic E-state index is 0.333. The van der Waals surface area contributed by atoms with E-state index in [0.29, 0.717) is 43.8 Å². The van der Waals surface area contributed by atoms with Gasteiger partial charge in [-0.25, -0.2) is 0 Å². The maximum atomic E-state index is 6.34. The van der Waals surface area contributed by atoms with Gasteiger partial charge in [-0.3, -0.25) is 0 Å². The van der Waals surface area contributed by atoms with Crippen molar-refractivity contribution in [3.05, 3.63) is 41.8 Å². The van der Waals surface area contributed by atoms with Gasteiger partial charge >= 0.3 is 0 Å². The molecule has 4 rings (SSSR count). The van der Waals surface area contributed by atoms with Gasteiger partial charge in [-0.15, -0.1) is 0 Å². The monoisotopic (exact) mass is 368 g/mol. The summed E-state index contributed by atoms with van der Waals surface area (Å²) < 4.78 is 1.21. The molecule has 0 N–H and O–H groups in total. The average Bonchev–Trinajstić information content (AvgIpc) is 2.74. The molecule has 0 bridgehead atoms. The van der Waals surface area contributed by atoms with E-state index in [1.807, 2.05) is 0 Å². The number of benzene rings is 1. The number of hydrogen-bond acceptors (Lipinski definition) is 0. The molecule has 3 aliphatic carbocycles. The van der Waals surface area contributed by atoms with Crippen molar-refractivity contribution < 1.29 is 0 Å². The predicted molar refractivity (Wildman–Crippen MR) is 76.0 cm³/mol. The zero-order valence-electron chi connectivity index (χ0n) is 8.28. The van der Waals surface area contributed by atoms with Crippen molar-refractivity contribution in [1.82, 2.24) is 0 Å². The van der Waals surface area contributed by atoms with Crippen molar-refractivity contribution in [2.24, 2.45) is 11.8 Å². The minimum Gasteiger partial charge on any atom is -0.0823 e. The summed E-state index contributed by atoms with van der Waals surface area (Å²) in [5.74, 6) is 2.05. The van der Waals surface area contributed by atoms with Gasteiger partial charge in [0.2, 0.25) is 0 Å². The Kier molecular flexibility index (Phi) is 2.27. The van der Waals surface area contributed by atoms with Crippen LogP contribution >= 0.6 is 62.3 Å². The highest BCUT2D eigenvalue weighted by molar-refractivity contribution is 9.11. The Labute approximate surface area is 127 Å². The van der Waals surface area contributed by atoms with Crippen LogP contribution in [0.25, 0.3) is 0 Å². The molecule has 0 saturated heterocycles. The van der Waals surface area contributed by atoms with E-state index in [2.05, 4.69) is 22.0 Å². The zero-order valence-corrected chi connectivity index (χ0v) is 12.9. The van der Waals surface area contributed by atoms with Crippen LogP contribution in [0.2, 0.25) is 20.1 Å². The molecule has 0 heterocycles. The summed E-state index contributed by atoms with van der Waals surface area (Å²) >= 11 is 28.5. The van der Waals surface area contributed by atoms with E-state index < -0.39 is 0 Å². The molecule has 0 nitrogen and oxygen atoms in total. The molecule has 1 saturated carbocycles. The molecule has 1 fully saturated rings. The van der Waals surface area contributed by atoms with Crippen molar-refractivity contribution in [2.45, 2.75) is 11.8 Å². The van der Waals surface area contributed by atoms with E-state index >= 15 is 0 Å². The number of halogens is 5. The molecule has 4 unspecified atom stereocenters. The molecule has 0 spiro atoms. The lowest BCUT2D eigenvalue weighted by molar-refractivity contribution is 0.746. The van der Waals surface area contributed by atoms with Crippen molar-refractivity contribution >= 4 is 62.3 Å². The lowest BCUT2D eigenvalue weighted by Crippen LogP contribution is -1.99. The van der Waals surface area contributed by atoms with E-state index in [1.165, 1.54) is 4.48 Å². The van der Waals surface area contributed by atoms with E-state index in [-0.39, 0.29) is 0 Å². The van der Waals surface area contributed by atoms with E-state index in [1.54, 1.807) is 0 Å². The van der Waals surface area contributed by atoms with Gasteiger partial charge < -0.3 is 0 Å². The lowest BCUT2D eigenvalue weighted by Gasteiger charge is -2.16. The first-order chi connectivity index (χ1) is 8.04. The van der Waals surface area contributed by atoms with E-state index in [4.69, 9.17) is 46.4 Å². The van der Waals surface area contributed by atoms with Crippen LogP contribution in [0.15, 0.2) is 10.6 Å². The molecule has 17 heavy (non-hydrogen) atoms. The van der Waals surface area contributed by atoms with E-state index in [9.17, 15) is 0 Å². The second kappa shape index (κ2) is 3.37. The van der Waals surface area contributed by atoms with Crippen molar-refractivity contribution in [3.63, 3.8) is 0 Å². The molecule has 1 aromatic rings. The van der Waals surface area contributed by atoms with Crippen molar-refractivity contribution in [2.75, 3.05) is 0 Å². The number of hydrogen-bond donors (Lipinski definition) is 0. The van der Waals surface area contributed by atoms with Crippen LogP contribution in [0.1, 0.15) is 23.0 Å². The van der Waals surface area contributed by atoms with Gasteiger partial charge in [0.05, 0.1) is 20.1 Å². The van der Waals surface area contributed by atoms with Gasteiger partial charge in [-0.1, -0.05) is 68.4 Å². The third kappa shape index (κ3) is 1.19. The van der Waals surface area contributed by atoms with Crippen LogP contribution in [-0.2, 0) is 0 Å². The summed E-state index contributed by atoms with van der Waals surface area (Å²) in [5.41, 5.74) is 2.20. The van der Waals surface area contributed by atoms with Crippen LogP contribution in [-0.4, -0.2) is 0 Å². The fourth-order valence-electron chi connectivity index (χ4n) is 3.49. The molecule has 4 atom stereocenters. The minimum atomic E-state index is 0.333. The second-order valence-electron chi connectivity index (χ2n) is 4.79. The largest absolute Gasteiger partial charge is 0.0823 e. The topological polar surface area (TPSA) is 0 Å². The molecular weight excluding hydrogens is 366 g/mol. The van der Waals surface area contributed by atoms with Gasteiger partial charge in [-0.2, -0.15) is 0 Å². The first-order valence-corrected chi connectivity index (χ1v) is 7.57. The maximum absolute atomic E-state index is 6.34. The van der Waals surface area contributed by atoms with Crippen LogP contribution in [0.3, 0.4) is 0 Å². The Morgan fingerprint density at radius 2 is 1.47 bits per heavy atom. The fraction of sp³-hybridized carbons (Fsp3) is 0.333. The molecule has 3 aliphatic rings. The summed E-state index contributed by atoms with van der Waals surface area (Å²) in [7, 11) is 0. The third-order valence-corrected chi connectivity index (χ3v) is 6.74. The quantitative estimate of drug-likeness (QED) is 0.387. The molecular formula is C12H5BrCl4. The Morgan fingerprint density at radius 3 is 2.12 bits per heavy atom. The standard InChI is InChI=1S/C12H5BrCl4/c13-3-1-2-4-5(2)7-8(6(3)4)10(15)12(17)11(16)9(7)14/h1-2,4-6H. The highest BCUT2D eigenvalue weighted by atomic mass is 79.9. The van der Waals surface area contributed by atoms with Gasteiger partial charge in [0.15, 0.2) is 0 Å². The predicted octanol–water partition coefficient (Wildman–Crippen LogP) is 6.02. The van der Waals surface area contributed by atoms with E-state index in [0.717, 1.165) is 11.1 Å². The SMILES string of the molecule is Clc1c(Cl)c(Cl)c2c(c1Cl)C1C(Br)=CC3C2C13. The van der Waals surface area contributed by atoms with Gasteiger partial charge in [0.25, 0.3) is 0 Å². The normalized spacial score (nSPS) is 35.7. The van der Waals surface area contributed by atoms with Crippen LogP contribution in [0.4, 0.5) is 0 Å². The Hall–Kier alpha value is 0.600. The van der Waals surface area contributed by atoms with Gasteiger partial charge in [0.1, 0.15) is 0 Å². The number of fused-ring (bicyclic) bond motifs is 4. The zero-order chi connectivity index (χ0) is 12.1. The molecule has 0 aliphatic heterocycles. The third-order valence-electron chi connectivity index (χ3n) is 4.15. The first kappa shape index (κ1) is 11.4. The molecule has 0 amide bonds. The van der Waals surface area contributed by atoms with Crippen LogP contribution in [0, 0.1) is 11.8 Å². The smallest absolute Gasteiger partial charge is 0.0796 e. The van der Waals surface area contributed by atoms with Gasteiger partial charge in [-0.05, 0) is 33.4 Å². The lowest BCUT2D eigenvalue weighted by atomic mass is 9.97. The Morgan fingerprint density at radius 1 is 0.882 bits per heavy atom. The maximum Gasteiger partial charge on any atom is 0.0796 e. The van der Waals surface area contributed by atoms with Crippen LogP contribution in [0.5, 0.6) is 0 Å². The first-order valence-electron chi connectivity index (χ1n) is 5.27. The summed E-state index contributed by atoms with van der Waals surface area (Å²) in [6.07, 6.45) is 2.27. The molecule has 5 heteroatoms. The van der Waals surface area contributed by atoms with Gasteiger partial charge in [0, 0.05) is 5.92 Å². The summed E-state index contributed by atoms with van der Waals surface area (Å²) in [6, 6.07) is 0. The number of allylic oxidation sites excluding steroid dienone is 2. The second-order valence-corrected chi connectivity index (χ2v) is 7.22. The number of rotatable bonds is 0. The van der Waals surface area contributed by atoms with Crippen molar-refractivity contribution in [1.29, 1.82) is 0 Å². The Bertz CT molecular complexity index is 607. The highest BCUT2D eigenvalue weighted by Crippen LogP contribution is 2.76. The molecule has 88 valence electrons. The van der Waals surface area contributed by atoms with Crippen molar-refractivity contribution in [3.8, 4) is 0 Å². The fourth-order valence-corrected chi connectivity index (χ4v) is 5.45. The Balaban J connectivity index is 2.08.